The van der Waals surface area contributed by atoms with Crippen molar-refractivity contribution in [1.29, 1.82) is 0 Å². The number of carbonyl (C=O) groups excluding carboxylic acids is 2. The number of carbonyl (C=O) groups is 2. The molecule has 6 nitrogen and oxygen atoms in total. The minimum Gasteiger partial charge on any atom is -0.383 e. The molecule has 0 saturated heterocycles. The molecule has 2 amide bonds. The van der Waals surface area contributed by atoms with Gasteiger partial charge in [0.1, 0.15) is 0 Å². The first-order chi connectivity index (χ1) is 8.47. The minimum absolute atomic E-state index is 0.0895. The first-order valence-corrected chi connectivity index (χ1v) is 6.24. The lowest BCUT2D eigenvalue weighted by molar-refractivity contribution is -0.123. The summed E-state index contributed by atoms with van der Waals surface area (Å²) in [6, 6.07) is -0.378. The predicted octanol–water partition coefficient (Wildman–Crippen LogP) is -0.501. The molecule has 0 aliphatic heterocycles. The highest BCUT2D eigenvalue weighted by Gasteiger charge is 2.13. The number of methoxy groups -OCH3 is 1. The van der Waals surface area contributed by atoms with Gasteiger partial charge in [-0.1, -0.05) is 13.8 Å². The largest absolute Gasteiger partial charge is 0.383 e. The second kappa shape index (κ2) is 9.85. The van der Waals surface area contributed by atoms with Crippen LogP contribution in [0.15, 0.2) is 0 Å². The van der Waals surface area contributed by atoms with Gasteiger partial charge in [0.25, 0.3) is 0 Å². The molecule has 0 fully saturated rings. The van der Waals surface area contributed by atoms with Gasteiger partial charge in [-0.15, -0.1) is 0 Å². The fourth-order valence-electron chi connectivity index (χ4n) is 1.15. The van der Waals surface area contributed by atoms with E-state index >= 15 is 0 Å². The van der Waals surface area contributed by atoms with E-state index < -0.39 is 0 Å². The molecule has 0 bridgehead atoms. The number of nitrogens with one attached hydrogen (secondary N) is 3. The Kier molecular flexibility index (Phi) is 9.22. The number of amides is 2. The summed E-state index contributed by atoms with van der Waals surface area (Å²) in [6.45, 7) is 7.52. The Hall–Kier alpha value is -1.14. The van der Waals surface area contributed by atoms with Crippen molar-refractivity contribution in [3.05, 3.63) is 0 Å². The predicted molar refractivity (Wildman–Crippen MR) is 70.2 cm³/mol. The standard InChI is InChI=1S/C12H25N3O3/c1-9(2)7-15-12(17)10(3)14-8-11(16)13-5-6-18-4/h9-10,14H,5-8H2,1-4H3,(H,13,16)(H,15,17). The number of rotatable bonds is 9. The molecule has 0 saturated carbocycles. The summed E-state index contributed by atoms with van der Waals surface area (Å²) in [5, 5.41) is 8.34. The van der Waals surface area contributed by atoms with Crippen LogP contribution < -0.4 is 16.0 Å². The maximum atomic E-state index is 11.6. The molecule has 1 unspecified atom stereocenters. The Morgan fingerprint density at radius 1 is 1.17 bits per heavy atom. The maximum Gasteiger partial charge on any atom is 0.236 e. The van der Waals surface area contributed by atoms with Gasteiger partial charge in [-0.25, -0.2) is 0 Å². The van der Waals surface area contributed by atoms with Crippen molar-refractivity contribution < 1.29 is 14.3 Å². The molecule has 0 spiro atoms. The van der Waals surface area contributed by atoms with Crippen LogP contribution in [0.5, 0.6) is 0 Å². The van der Waals surface area contributed by atoms with E-state index in [0.29, 0.717) is 25.6 Å². The minimum atomic E-state index is -0.378. The van der Waals surface area contributed by atoms with Gasteiger partial charge in [-0.3, -0.25) is 14.9 Å². The highest BCUT2D eigenvalue weighted by atomic mass is 16.5. The van der Waals surface area contributed by atoms with Gasteiger partial charge in [0.05, 0.1) is 19.2 Å². The Morgan fingerprint density at radius 2 is 1.83 bits per heavy atom. The number of hydrogen-bond donors (Lipinski definition) is 3. The maximum absolute atomic E-state index is 11.6. The van der Waals surface area contributed by atoms with E-state index in [4.69, 9.17) is 4.74 Å². The SMILES string of the molecule is COCCNC(=O)CNC(C)C(=O)NCC(C)C. The Labute approximate surface area is 109 Å². The zero-order chi connectivity index (χ0) is 14.0. The molecule has 1 atom stereocenters. The molecule has 0 rings (SSSR count). The van der Waals surface area contributed by atoms with Gasteiger partial charge in [0.15, 0.2) is 0 Å². The molecular formula is C12H25N3O3. The average molecular weight is 259 g/mol. The molecular weight excluding hydrogens is 234 g/mol. The van der Waals surface area contributed by atoms with Gasteiger partial charge in [-0.05, 0) is 12.8 Å². The zero-order valence-electron chi connectivity index (χ0n) is 11.7. The molecule has 0 radical (unpaired) electrons. The molecule has 106 valence electrons. The number of ether oxygens (including phenoxy) is 1. The summed E-state index contributed by atoms with van der Waals surface area (Å²) in [5.74, 6) is 0.183. The van der Waals surface area contributed by atoms with Gasteiger partial charge in [0.2, 0.25) is 11.8 Å². The van der Waals surface area contributed by atoms with Crippen LogP contribution in [0.25, 0.3) is 0 Å². The third kappa shape index (κ3) is 8.95. The van der Waals surface area contributed by atoms with E-state index in [1.807, 2.05) is 13.8 Å². The van der Waals surface area contributed by atoms with Crippen LogP contribution in [0.2, 0.25) is 0 Å². The molecule has 0 heterocycles. The third-order valence-electron chi connectivity index (χ3n) is 2.27. The molecule has 0 aromatic rings. The average Bonchev–Trinajstić information content (AvgIpc) is 2.33. The van der Waals surface area contributed by atoms with Gasteiger partial charge in [0, 0.05) is 20.2 Å². The summed E-state index contributed by atoms with van der Waals surface area (Å²) in [4.78, 5) is 22.9. The Bertz CT molecular complexity index is 257. The van der Waals surface area contributed by atoms with Crippen molar-refractivity contribution in [3.63, 3.8) is 0 Å². The lowest BCUT2D eigenvalue weighted by Gasteiger charge is -2.15. The molecule has 6 heteroatoms. The van der Waals surface area contributed by atoms with Crippen LogP contribution in [-0.2, 0) is 14.3 Å². The van der Waals surface area contributed by atoms with E-state index in [1.165, 1.54) is 0 Å². The fourth-order valence-corrected chi connectivity index (χ4v) is 1.15. The van der Waals surface area contributed by atoms with Crippen molar-refractivity contribution in [2.75, 3.05) is 33.4 Å². The van der Waals surface area contributed by atoms with Crippen LogP contribution in [0.3, 0.4) is 0 Å². The first-order valence-electron chi connectivity index (χ1n) is 6.24. The molecule has 18 heavy (non-hydrogen) atoms. The van der Waals surface area contributed by atoms with Crippen LogP contribution in [-0.4, -0.2) is 51.2 Å². The lowest BCUT2D eigenvalue weighted by Crippen LogP contribution is -2.47. The van der Waals surface area contributed by atoms with Crippen molar-refractivity contribution in [3.8, 4) is 0 Å². The highest BCUT2D eigenvalue weighted by molar-refractivity contribution is 5.83. The lowest BCUT2D eigenvalue weighted by atomic mass is 10.2. The second-order valence-corrected chi connectivity index (χ2v) is 4.58. The van der Waals surface area contributed by atoms with Crippen LogP contribution in [0.4, 0.5) is 0 Å². The van der Waals surface area contributed by atoms with Gasteiger partial charge < -0.3 is 15.4 Å². The van der Waals surface area contributed by atoms with Crippen LogP contribution in [0, 0.1) is 5.92 Å². The fraction of sp³-hybridized carbons (Fsp3) is 0.833. The summed E-state index contributed by atoms with van der Waals surface area (Å²) < 4.78 is 4.81. The van der Waals surface area contributed by atoms with Crippen LogP contribution in [0.1, 0.15) is 20.8 Å². The Balaban J connectivity index is 3.70. The number of hydrogen-bond acceptors (Lipinski definition) is 4. The normalized spacial score (nSPS) is 12.3. The van der Waals surface area contributed by atoms with E-state index in [9.17, 15) is 9.59 Å². The van der Waals surface area contributed by atoms with E-state index in [2.05, 4.69) is 16.0 Å². The molecule has 3 N–H and O–H groups in total. The molecule has 0 aromatic carbocycles. The summed E-state index contributed by atoms with van der Waals surface area (Å²) in [7, 11) is 1.57. The Morgan fingerprint density at radius 3 is 2.39 bits per heavy atom. The van der Waals surface area contributed by atoms with E-state index in [-0.39, 0.29) is 24.4 Å². The molecule has 0 aromatic heterocycles. The second-order valence-electron chi connectivity index (χ2n) is 4.58. The highest BCUT2D eigenvalue weighted by Crippen LogP contribution is 1.88. The molecule has 0 aliphatic carbocycles. The quantitative estimate of drug-likeness (QED) is 0.488. The van der Waals surface area contributed by atoms with Crippen molar-refractivity contribution >= 4 is 11.8 Å². The monoisotopic (exact) mass is 259 g/mol. The summed E-state index contributed by atoms with van der Waals surface area (Å²) in [5.41, 5.74) is 0. The van der Waals surface area contributed by atoms with Gasteiger partial charge >= 0.3 is 0 Å². The summed E-state index contributed by atoms with van der Waals surface area (Å²) in [6.07, 6.45) is 0. The first kappa shape index (κ1) is 16.9. The van der Waals surface area contributed by atoms with Crippen molar-refractivity contribution in [2.45, 2.75) is 26.8 Å². The van der Waals surface area contributed by atoms with Crippen LogP contribution >= 0.6 is 0 Å². The topological polar surface area (TPSA) is 79.5 Å². The third-order valence-corrected chi connectivity index (χ3v) is 2.27. The zero-order valence-corrected chi connectivity index (χ0v) is 11.7. The van der Waals surface area contributed by atoms with Crippen molar-refractivity contribution in [2.24, 2.45) is 5.92 Å². The van der Waals surface area contributed by atoms with Crippen molar-refractivity contribution in [1.82, 2.24) is 16.0 Å². The van der Waals surface area contributed by atoms with E-state index in [0.717, 1.165) is 0 Å². The molecule has 0 aliphatic rings. The smallest absolute Gasteiger partial charge is 0.236 e. The van der Waals surface area contributed by atoms with E-state index in [1.54, 1.807) is 14.0 Å². The summed E-state index contributed by atoms with van der Waals surface area (Å²) >= 11 is 0. The van der Waals surface area contributed by atoms with Gasteiger partial charge in [-0.2, -0.15) is 0 Å².